The third kappa shape index (κ3) is 4.53. The summed E-state index contributed by atoms with van der Waals surface area (Å²) in [5.74, 6) is 2.17. The van der Waals surface area contributed by atoms with Crippen LogP contribution in [-0.2, 0) is 13.6 Å². The van der Waals surface area contributed by atoms with Crippen molar-refractivity contribution in [3.8, 4) is 0 Å². The first-order chi connectivity index (χ1) is 14.8. The lowest BCUT2D eigenvalue weighted by molar-refractivity contribution is 0.438. The molecule has 0 saturated carbocycles. The van der Waals surface area contributed by atoms with Gasteiger partial charge in [0, 0.05) is 43.8 Å². The van der Waals surface area contributed by atoms with E-state index in [4.69, 9.17) is 4.98 Å². The van der Waals surface area contributed by atoms with Crippen molar-refractivity contribution in [3.63, 3.8) is 0 Å². The van der Waals surface area contributed by atoms with Crippen LogP contribution in [0, 0.1) is 19.8 Å². The Labute approximate surface area is 184 Å². The van der Waals surface area contributed by atoms with Gasteiger partial charge in [-0.15, -0.1) is 0 Å². The Kier molecular flexibility index (Phi) is 6.17. The highest BCUT2D eigenvalue weighted by Gasteiger charge is 2.24. The molecule has 3 aromatic heterocycles. The van der Waals surface area contributed by atoms with E-state index in [2.05, 4.69) is 26.8 Å². The largest absolute Gasteiger partial charge is 0.342 e. The summed E-state index contributed by atoms with van der Waals surface area (Å²) in [6.07, 6.45) is 3.12. The fourth-order valence-electron chi connectivity index (χ4n) is 4.19. The quantitative estimate of drug-likeness (QED) is 0.354. The molecule has 1 aliphatic heterocycles. The molecule has 1 saturated heterocycles. The highest BCUT2D eigenvalue weighted by atomic mass is 32.2. The van der Waals surface area contributed by atoms with E-state index in [1.54, 1.807) is 18.8 Å². The van der Waals surface area contributed by atoms with Crippen molar-refractivity contribution in [2.45, 2.75) is 51.7 Å². The molecule has 1 N–H and O–H groups in total. The van der Waals surface area contributed by atoms with Gasteiger partial charge in [0.15, 0.2) is 16.3 Å². The van der Waals surface area contributed by atoms with E-state index < -0.39 is 5.69 Å². The Bertz CT molecular complexity index is 1190. The van der Waals surface area contributed by atoms with Gasteiger partial charge >= 0.3 is 5.69 Å². The van der Waals surface area contributed by atoms with Crippen LogP contribution in [0.5, 0.6) is 0 Å². The van der Waals surface area contributed by atoms with Gasteiger partial charge in [-0.3, -0.25) is 14.3 Å². The summed E-state index contributed by atoms with van der Waals surface area (Å²) in [5.41, 5.74) is 2.00. The fraction of sp³-hybridized carbons (Fsp3) is 0.571. The number of nitrogens with one attached hydrogen (secondary N) is 1. The normalized spacial score (nSPS) is 16.9. The number of imidazole rings is 1. The zero-order valence-electron chi connectivity index (χ0n) is 18.5. The van der Waals surface area contributed by atoms with Crippen LogP contribution in [-0.4, -0.2) is 47.9 Å². The summed E-state index contributed by atoms with van der Waals surface area (Å²) < 4.78 is 3.40. The molecule has 0 radical (unpaired) electrons. The van der Waals surface area contributed by atoms with E-state index in [1.807, 2.05) is 24.5 Å². The fourth-order valence-corrected chi connectivity index (χ4v) is 5.06. The summed E-state index contributed by atoms with van der Waals surface area (Å²) in [4.78, 5) is 43.2. The van der Waals surface area contributed by atoms with Crippen molar-refractivity contribution in [2.75, 3.05) is 23.7 Å². The van der Waals surface area contributed by atoms with Crippen LogP contribution in [0.15, 0.2) is 20.8 Å². The van der Waals surface area contributed by atoms with Crippen molar-refractivity contribution in [1.29, 1.82) is 0 Å². The molecule has 31 heavy (non-hydrogen) atoms. The number of rotatable bonds is 6. The monoisotopic (exact) mass is 443 g/mol. The minimum Gasteiger partial charge on any atom is -0.342 e. The zero-order chi connectivity index (χ0) is 22.1. The summed E-state index contributed by atoms with van der Waals surface area (Å²) in [6, 6.07) is 1.96. The van der Waals surface area contributed by atoms with Crippen molar-refractivity contribution in [1.82, 2.24) is 29.1 Å². The summed E-state index contributed by atoms with van der Waals surface area (Å²) >= 11 is 1.62. The van der Waals surface area contributed by atoms with Crippen LogP contribution in [0.25, 0.3) is 11.2 Å². The summed E-state index contributed by atoms with van der Waals surface area (Å²) in [6.45, 7) is 8.63. The number of aromatic amines is 1. The molecule has 3 aromatic rings. The van der Waals surface area contributed by atoms with E-state index in [0.717, 1.165) is 54.2 Å². The van der Waals surface area contributed by atoms with Gasteiger partial charge in [-0.25, -0.2) is 14.8 Å². The van der Waals surface area contributed by atoms with Crippen molar-refractivity contribution >= 4 is 28.9 Å². The number of hydrogen-bond acceptors (Lipinski definition) is 7. The number of thioether (sulfide) groups is 1. The number of piperidine rings is 1. The predicted molar refractivity (Wildman–Crippen MR) is 123 cm³/mol. The molecule has 9 nitrogen and oxygen atoms in total. The second-order valence-electron chi connectivity index (χ2n) is 8.38. The zero-order valence-corrected chi connectivity index (χ0v) is 19.3. The lowest BCUT2D eigenvalue weighted by atomic mass is 10.0. The Morgan fingerprint density at radius 3 is 2.65 bits per heavy atom. The number of anilines is 1. The molecular formula is C21H29N7O2S. The lowest BCUT2D eigenvalue weighted by Crippen LogP contribution is -2.36. The Balaban J connectivity index is 1.61. The van der Waals surface area contributed by atoms with Crippen molar-refractivity contribution < 1.29 is 0 Å². The van der Waals surface area contributed by atoms with Gasteiger partial charge in [0.2, 0.25) is 5.95 Å². The molecule has 0 aromatic carbocycles. The summed E-state index contributed by atoms with van der Waals surface area (Å²) in [7, 11) is 1.65. The maximum atomic E-state index is 12.7. The van der Waals surface area contributed by atoms with Gasteiger partial charge in [0.05, 0.1) is 0 Å². The number of aryl methyl sites for hydroxylation is 4. The topological polar surface area (TPSA) is 102 Å². The second-order valence-corrected chi connectivity index (χ2v) is 9.44. The van der Waals surface area contributed by atoms with Crippen molar-refractivity contribution in [3.05, 3.63) is 38.3 Å². The van der Waals surface area contributed by atoms with Gasteiger partial charge in [0.1, 0.15) is 0 Å². The Morgan fingerprint density at radius 2 is 1.94 bits per heavy atom. The molecule has 1 aliphatic rings. The highest BCUT2D eigenvalue weighted by molar-refractivity contribution is 7.99. The third-order valence-electron chi connectivity index (χ3n) is 5.65. The van der Waals surface area contributed by atoms with Gasteiger partial charge in [0.25, 0.3) is 5.56 Å². The molecule has 0 aliphatic carbocycles. The Hall–Kier alpha value is -2.62. The maximum Gasteiger partial charge on any atom is 0.329 e. The van der Waals surface area contributed by atoms with Gasteiger partial charge in [-0.05, 0) is 45.1 Å². The molecular weight excluding hydrogens is 414 g/mol. The number of hydrogen-bond donors (Lipinski definition) is 1. The molecule has 4 heterocycles. The molecule has 4 rings (SSSR count). The van der Waals surface area contributed by atoms with E-state index >= 15 is 0 Å². The average molecular weight is 444 g/mol. The first-order valence-electron chi connectivity index (χ1n) is 10.7. The molecule has 166 valence electrons. The second kappa shape index (κ2) is 8.86. The van der Waals surface area contributed by atoms with Crippen molar-refractivity contribution in [2.24, 2.45) is 13.0 Å². The van der Waals surface area contributed by atoms with Crippen LogP contribution in [0.3, 0.4) is 0 Å². The van der Waals surface area contributed by atoms with E-state index in [9.17, 15) is 9.59 Å². The van der Waals surface area contributed by atoms with E-state index in [0.29, 0.717) is 23.6 Å². The van der Waals surface area contributed by atoms with E-state index in [-0.39, 0.29) is 5.56 Å². The van der Waals surface area contributed by atoms with Crippen LogP contribution in [0.2, 0.25) is 0 Å². The Morgan fingerprint density at radius 1 is 1.19 bits per heavy atom. The molecule has 1 fully saturated rings. The minimum absolute atomic E-state index is 0.382. The minimum atomic E-state index is -0.441. The first-order valence-corrected chi connectivity index (χ1v) is 11.7. The standard InChI is InChI=1S/C21H29N7O2S/c1-13-7-5-8-27(12-13)20-24-17-16(18(29)25-21(30)26(17)4)28(20)9-6-10-31-19-22-14(2)11-15(3)23-19/h11,13H,5-10,12H2,1-4H3,(H,25,29,30)/t13-/m0/s1. The predicted octanol–water partition coefficient (Wildman–Crippen LogP) is 2.25. The molecule has 1 atom stereocenters. The number of nitrogens with zero attached hydrogens (tertiary/aromatic N) is 6. The van der Waals surface area contributed by atoms with Crippen LogP contribution in [0.4, 0.5) is 5.95 Å². The van der Waals surface area contributed by atoms with Gasteiger partial charge in [-0.1, -0.05) is 18.7 Å². The molecule has 0 spiro atoms. The average Bonchev–Trinajstić information content (AvgIpc) is 3.09. The van der Waals surface area contributed by atoms with Crippen LogP contribution < -0.4 is 16.1 Å². The molecule has 10 heteroatoms. The molecule has 0 unspecified atom stereocenters. The molecule has 0 amide bonds. The summed E-state index contributed by atoms with van der Waals surface area (Å²) in [5, 5.41) is 0.776. The lowest BCUT2D eigenvalue weighted by Gasteiger charge is -2.32. The number of H-pyrrole nitrogens is 1. The van der Waals surface area contributed by atoms with Gasteiger partial charge < -0.3 is 9.47 Å². The SMILES string of the molecule is Cc1cc(C)nc(SCCCn2c(N3CCC[C@H](C)C3)nc3c2c(=O)[nH]c(=O)n3C)n1. The smallest absolute Gasteiger partial charge is 0.329 e. The van der Waals surface area contributed by atoms with E-state index in [1.165, 1.54) is 11.0 Å². The first kappa shape index (κ1) is 21.6. The van der Waals surface area contributed by atoms with Gasteiger partial charge in [-0.2, -0.15) is 4.98 Å². The van der Waals surface area contributed by atoms with Crippen LogP contribution >= 0.6 is 11.8 Å². The number of aromatic nitrogens is 6. The third-order valence-corrected chi connectivity index (χ3v) is 6.58. The van der Waals surface area contributed by atoms with Crippen LogP contribution in [0.1, 0.15) is 37.6 Å². The number of fused-ring (bicyclic) bond motifs is 1. The highest BCUT2D eigenvalue weighted by Crippen LogP contribution is 2.26. The molecule has 0 bridgehead atoms. The maximum absolute atomic E-state index is 12.7.